The Morgan fingerprint density at radius 1 is 1.03 bits per heavy atom. The minimum Gasteiger partial charge on any atom is -0.367 e. The molecule has 1 aromatic heterocycles. The van der Waals surface area contributed by atoms with Crippen LogP contribution in [0.2, 0.25) is 0 Å². The standard InChI is InChI=1S/C27H31FN6O2S/c1-3-33-13-15-34(16-14-33)25-12-11-19(17-21(25)28)18-26-29-22-10-6-7-20(22)27(31-26)30-23-8-4-5-9-24(23)32-37(2,35)36/h4-9,11-12,17,32H,3,10,13-16,18H2,1-2H3,(H,29,30,31). The molecule has 5 rings (SSSR count). The summed E-state index contributed by atoms with van der Waals surface area (Å²) in [4.78, 5) is 13.9. The summed E-state index contributed by atoms with van der Waals surface area (Å²) in [6.07, 6.45) is 6.15. The number of fused-ring (bicyclic) bond motifs is 1. The van der Waals surface area contributed by atoms with Gasteiger partial charge < -0.3 is 15.1 Å². The van der Waals surface area contributed by atoms with Crippen LogP contribution in [0, 0.1) is 5.82 Å². The fourth-order valence-electron chi connectivity index (χ4n) is 4.77. The van der Waals surface area contributed by atoms with Crippen molar-refractivity contribution in [1.29, 1.82) is 0 Å². The molecule has 0 saturated carbocycles. The van der Waals surface area contributed by atoms with Crippen LogP contribution in [-0.2, 0) is 22.9 Å². The number of sulfonamides is 1. The lowest BCUT2D eigenvalue weighted by molar-refractivity contribution is 0.270. The summed E-state index contributed by atoms with van der Waals surface area (Å²) in [6.45, 7) is 6.67. The molecule has 2 heterocycles. The van der Waals surface area contributed by atoms with E-state index in [4.69, 9.17) is 9.97 Å². The Kier molecular flexibility index (Phi) is 7.12. The zero-order valence-corrected chi connectivity index (χ0v) is 21.9. The van der Waals surface area contributed by atoms with Crippen LogP contribution in [0.5, 0.6) is 0 Å². The Labute approximate surface area is 217 Å². The van der Waals surface area contributed by atoms with Gasteiger partial charge in [-0.1, -0.05) is 37.3 Å². The molecule has 2 N–H and O–H groups in total. The van der Waals surface area contributed by atoms with Crippen LogP contribution in [-0.4, -0.2) is 62.3 Å². The van der Waals surface area contributed by atoms with Gasteiger partial charge in [0.05, 0.1) is 29.0 Å². The molecule has 0 unspecified atom stereocenters. The third-order valence-corrected chi connectivity index (χ3v) is 7.27. The number of aromatic nitrogens is 2. The van der Waals surface area contributed by atoms with Crippen molar-refractivity contribution in [2.24, 2.45) is 0 Å². The first-order valence-electron chi connectivity index (χ1n) is 12.4. The predicted molar refractivity (Wildman–Crippen MR) is 146 cm³/mol. The molecule has 10 heteroatoms. The summed E-state index contributed by atoms with van der Waals surface area (Å²) in [5.74, 6) is 0.925. The van der Waals surface area contributed by atoms with Crippen molar-refractivity contribution in [3.05, 3.63) is 77.0 Å². The van der Waals surface area contributed by atoms with Gasteiger partial charge in [-0.25, -0.2) is 22.8 Å². The minimum absolute atomic E-state index is 0.232. The quantitative estimate of drug-likeness (QED) is 0.462. The van der Waals surface area contributed by atoms with Crippen LogP contribution < -0.4 is 14.9 Å². The van der Waals surface area contributed by atoms with E-state index >= 15 is 4.39 Å². The Balaban J connectivity index is 1.38. The minimum atomic E-state index is -3.45. The van der Waals surface area contributed by atoms with Crippen LogP contribution >= 0.6 is 0 Å². The molecular formula is C27H31FN6O2S. The molecule has 2 aliphatic rings. The highest BCUT2D eigenvalue weighted by Gasteiger charge is 2.20. The van der Waals surface area contributed by atoms with Crippen molar-refractivity contribution in [3.8, 4) is 0 Å². The Morgan fingerprint density at radius 3 is 2.49 bits per heavy atom. The summed E-state index contributed by atoms with van der Waals surface area (Å²) in [7, 11) is -3.45. The molecule has 0 radical (unpaired) electrons. The molecule has 1 saturated heterocycles. The Hall–Kier alpha value is -3.50. The summed E-state index contributed by atoms with van der Waals surface area (Å²) < 4.78 is 41.3. The Morgan fingerprint density at radius 2 is 1.78 bits per heavy atom. The largest absolute Gasteiger partial charge is 0.367 e. The normalized spacial score (nSPS) is 15.6. The average Bonchev–Trinajstić information content (AvgIpc) is 3.34. The van der Waals surface area contributed by atoms with Gasteiger partial charge >= 0.3 is 0 Å². The second-order valence-electron chi connectivity index (χ2n) is 9.38. The number of halogens is 1. The number of hydrogen-bond acceptors (Lipinski definition) is 7. The van der Waals surface area contributed by atoms with Crippen LogP contribution in [0.4, 0.5) is 27.3 Å². The van der Waals surface area contributed by atoms with E-state index in [0.29, 0.717) is 41.5 Å². The molecule has 0 atom stereocenters. The molecule has 0 spiro atoms. The van der Waals surface area contributed by atoms with Crippen molar-refractivity contribution in [3.63, 3.8) is 0 Å². The number of piperazine rings is 1. The van der Waals surface area contributed by atoms with Gasteiger partial charge in [0.15, 0.2) is 0 Å². The number of rotatable bonds is 8. The SMILES string of the molecule is CCN1CCN(c2ccc(Cc3nc4c(c(Nc5ccccc5NS(C)(=O)=O)n3)C=CC4)cc2F)CC1. The van der Waals surface area contributed by atoms with Crippen molar-refractivity contribution < 1.29 is 12.8 Å². The van der Waals surface area contributed by atoms with Gasteiger partial charge in [-0.05, 0) is 36.4 Å². The molecule has 1 fully saturated rings. The number of allylic oxidation sites excluding steroid dienone is 1. The van der Waals surface area contributed by atoms with Crippen molar-refractivity contribution in [2.75, 3.05) is 53.9 Å². The number of benzene rings is 2. The predicted octanol–water partition coefficient (Wildman–Crippen LogP) is 4.03. The van der Waals surface area contributed by atoms with Crippen LogP contribution in [0.3, 0.4) is 0 Å². The molecular weight excluding hydrogens is 491 g/mol. The summed E-state index contributed by atoms with van der Waals surface area (Å²) in [5.41, 5.74) is 4.19. The topological polar surface area (TPSA) is 90.5 Å². The second-order valence-corrected chi connectivity index (χ2v) is 11.1. The number of para-hydroxylation sites is 2. The molecule has 37 heavy (non-hydrogen) atoms. The van der Waals surface area contributed by atoms with Gasteiger partial charge in [0, 0.05) is 44.6 Å². The maximum Gasteiger partial charge on any atom is 0.229 e. The zero-order valence-electron chi connectivity index (χ0n) is 21.0. The molecule has 8 nitrogen and oxygen atoms in total. The average molecular weight is 523 g/mol. The van der Waals surface area contributed by atoms with Gasteiger partial charge in [0.25, 0.3) is 0 Å². The molecule has 3 aromatic rings. The molecule has 2 aromatic carbocycles. The van der Waals surface area contributed by atoms with E-state index < -0.39 is 10.0 Å². The molecule has 1 aliphatic carbocycles. The van der Waals surface area contributed by atoms with E-state index in [9.17, 15) is 8.42 Å². The molecule has 194 valence electrons. The van der Waals surface area contributed by atoms with Crippen LogP contribution in [0.25, 0.3) is 6.08 Å². The number of hydrogen-bond donors (Lipinski definition) is 2. The van der Waals surface area contributed by atoms with Crippen LogP contribution in [0.1, 0.15) is 29.6 Å². The van der Waals surface area contributed by atoms with Crippen molar-refractivity contribution in [1.82, 2.24) is 14.9 Å². The third-order valence-electron chi connectivity index (χ3n) is 6.68. The van der Waals surface area contributed by atoms with Crippen LogP contribution in [0.15, 0.2) is 48.5 Å². The van der Waals surface area contributed by atoms with E-state index in [1.807, 2.05) is 30.4 Å². The second kappa shape index (κ2) is 10.5. The molecule has 0 bridgehead atoms. The van der Waals surface area contributed by atoms with Crippen molar-refractivity contribution in [2.45, 2.75) is 19.8 Å². The number of anilines is 4. The van der Waals surface area contributed by atoms with E-state index in [-0.39, 0.29) is 5.82 Å². The van der Waals surface area contributed by atoms with Gasteiger partial charge in [-0.2, -0.15) is 0 Å². The van der Waals surface area contributed by atoms with Gasteiger partial charge in [0.2, 0.25) is 10.0 Å². The number of nitrogens with one attached hydrogen (secondary N) is 2. The zero-order chi connectivity index (χ0) is 26.0. The fourth-order valence-corrected chi connectivity index (χ4v) is 5.35. The summed E-state index contributed by atoms with van der Waals surface area (Å²) in [6, 6.07) is 12.4. The van der Waals surface area contributed by atoms with Gasteiger partial charge in [-0.15, -0.1) is 0 Å². The number of nitrogens with zero attached hydrogens (tertiary/aromatic N) is 4. The third kappa shape index (κ3) is 5.91. The lowest BCUT2D eigenvalue weighted by Gasteiger charge is -2.35. The highest BCUT2D eigenvalue weighted by molar-refractivity contribution is 7.92. The lowest BCUT2D eigenvalue weighted by atomic mass is 10.1. The number of likely N-dealkylation sites (N-methyl/N-ethyl adjacent to an activating group) is 1. The first-order chi connectivity index (χ1) is 17.8. The first-order valence-corrected chi connectivity index (χ1v) is 14.3. The first kappa shape index (κ1) is 25.2. The maximum absolute atomic E-state index is 15.1. The highest BCUT2D eigenvalue weighted by Crippen LogP contribution is 2.31. The monoisotopic (exact) mass is 522 g/mol. The van der Waals surface area contributed by atoms with Crippen molar-refractivity contribution >= 4 is 39.0 Å². The summed E-state index contributed by atoms with van der Waals surface area (Å²) >= 11 is 0. The maximum atomic E-state index is 15.1. The van der Waals surface area contributed by atoms with E-state index in [1.54, 1.807) is 24.3 Å². The van der Waals surface area contributed by atoms with Gasteiger partial charge in [0.1, 0.15) is 17.5 Å². The molecule has 1 aliphatic heterocycles. The summed E-state index contributed by atoms with van der Waals surface area (Å²) in [5, 5.41) is 3.28. The lowest BCUT2D eigenvalue weighted by Crippen LogP contribution is -2.46. The van der Waals surface area contributed by atoms with E-state index in [2.05, 4.69) is 26.8 Å². The highest BCUT2D eigenvalue weighted by atomic mass is 32.2. The Bertz CT molecular complexity index is 1430. The fraction of sp³-hybridized carbons (Fsp3) is 0.333. The van der Waals surface area contributed by atoms with E-state index in [1.165, 1.54) is 0 Å². The smallest absolute Gasteiger partial charge is 0.229 e. The molecule has 0 amide bonds. The van der Waals surface area contributed by atoms with Gasteiger partial charge in [-0.3, -0.25) is 4.72 Å². The van der Waals surface area contributed by atoms with E-state index in [0.717, 1.165) is 55.8 Å².